The van der Waals surface area contributed by atoms with Crippen LogP contribution < -0.4 is 0 Å². The summed E-state index contributed by atoms with van der Waals surface area (Å²) in [5, 5.41) is 23.4. The fourth-order valence-corrected chi connectivity index (χ4v) is 9.74. The van der Waals surface area contributed by atoms with Gasteiger partial charge in [-0.1, -0.05) is 58.0 Å². The Labute approximate surface area is 351 Å². The highest BCUT2D eigenvalue weighted by Gasteiger charge is 2.55. The number of ether oxygens (including phenoxy) is 9. The summed E-state index contributed by atoms with van der Waals surface area (Å²) in [6.07, 6.45) is -7.10. The van der Waals surface area contributed by atoms with Crippen LogP contribution in [0.3, 0.4) is 0 Å². The fourth-order valence-electron chi connectivity index (χ4n) is 9.74. The smallest absolute Gasteiger partial charge is 0.489 e. The van der Waals surface area contributed by atoms with E-state index in [2.05, 4.69) is 0 Å². The molecule has 3 saturated heterocycles. The molecule has 0 radical (unpaired) electrons. The molecule has 59 heavy (non-hydrogen) atoms. The SMILES string of the molecule is CC[C@@H]1OC(=O)[C@H](C)[C@H](O[C@H]2C[C@@](C)(OC)[C@@H](OC(=O)OCc3ccccc3)[C@H](C)O2)[C@H](C)[C@@H](O[C@@H]2O[C@H](C)C[C@H](N(C)C)[C@H]2O)[C@]2(C)CC(C)=C(O2)[C@@H](C)[C@@H](O)[C@@H]1C. The Kier molecular flexibility index (Phi) is 15.6. The molecule has 0 unspecified atom stereocenters. The molecule has 14 nitrogen and oxygen atoms in total. The molecule has 4 aliphatic heterocycles. The third-order valence-corrected chi connectivity index (χ3v) is 13.3. The molecule has 0 aliphatic carbocycles. The monoisotopic (exact) mass is 833 g/mol. The van der Waals surface area contributed by atoms with Crippen molar-refractivity contribution in [3.05, 3.63) is 47.2 Å². The van der Waals surface area contributed by atoms with E-state index in [4.69, 9.17) is 42.6 Å². The molecular weight excluding hydrogens is 762 g/mol. The summed E-state index contributed by atoms with van der Waals surface area (Å²) in [6, 6.07) is 9.08. The Morgan fingerprint density at radius 1 is 0.932 bits per heavy atom. The molecule has 0 aromatic heterocycles. The molecule has 1 aromatic carbocycles. The van der Waals surface area contributed by atoms with E-state index >= 15 is 0 Å². The zero-order valence-electron chi connectivity index (χ0n) is 37.4. The van der Waals surface area contributed by atoms with Crippen molar-refractivity contribution >= 4 is 12.1 Å². The zero-order valence-corrected chi connectivity index (χ0v) is 37.4. The highest BCUT2D eigenvalue weighted by Crippen LogP contribution is 2.47. The fraction of sp³-hybridized carbons (Fsp3) is 0.778. The van der Waals surface area contributed by atoms with Crippen molar-refractivity contribution in [3.63, 3.8) is 0 Å². The Balaban J connectivity index is 1.49. The van der Waals surface area contributed by atoms with Gasteiger partial charge in [0.2, 0.25) is 0 Å². The summed E-state index contributed by atoms with van der Waals surface area (Å²) < 4.78 is 57.2. The van der Waals surface area contributed by atoms with Crippen LogP contribution in [0.5, 0.6) is 0 Å². The zero-order chi connectivity index (χ0) is 43.6. The van der Waals surface area contributed by atoms with E-state index in [0.29, 0.717) is 25.0 Å². The molecule has 2 bridgehead atoms. The Morgan fingerprint density at radius 2 is 1.61 bits per heavy atom. The van der Waals surface area contributed by atoms with Gasteiger partial charge in [-0.05, 0) is 79.6 Å². The number of aliphatic hydroxyl groups is 2. The molecule has 3 fully saturated rings. The molecule has 4 heterocycles. The van der Waals surface area contributed by atoms with Crippen molar-refractivity contribution < 1.29 is 62.4 Å². The van der Waals surface area contributed by atoms with Crippen LogP contribution in [0.1, 0.15) is 100 Å². The van der Waals surface area contributed by atoms with Crippen LogP contribution in [0, 0.1) is 23.7 Å². The molecule has 0 spiro atoms. The van der Waals surface area contributed by atoms with Gasteiger partial charge in [-0.2, -0.15) is 0 Å². The van der Waals surface area contributed by atoms with Gasteiger partial charge >= 0.3 is 12.1 Å². The van der Waals surface area contributed by atoms with Crippen molar-refractivity contribution in [1.29, 1.82) is 0 Å². The van der Waals surface area contributed by atoms with Crippen LogP contribution in [0.2, 0.25) is 0 Å². The summed E-state index contributed by atoms with van der Waals surface area (Å²) >= 11 is 0. The van der Waals surface area contributed by atoms with Crippen molar-refractivity contribution in [1.82, 2.24) is 4.90 Å². The number of carbonyl (C=O) groups is 2. The predicted molar refractivity (Wildman–Crippen MR) is 218 cm³/mol. The number of hydrogen-bond acceptors (Lipinski definition) is 14. The summed E-state index contributed by atoms with van der Waals surface area (Å²) in [5.74, 6) is -2.13. The Hall–Kier alpha value is -2.82. The van der Waals surface area contributed by atoms with Gasteiger partial charge in [0.15, 0.2) is 18.7 Å². The van der Waals surface area contributed by atoms with Crippen LogP contribution in [0.25, 0.3) is 0 Å². The van der Waals surface area contributed by atoms with Crippen LogP contribution in [-0.2, 0) is 54.0 Å². The Bertz CT molecular complexity index is 1590. The topological polar surface area (TPSA) is 161 Å². The third-order valence-electron chi connectivity index (χ3n) is 13.3. The number of benzene rings is 1. The van der Waals surface area contributed by atoms with E-state index in [1.807, 2.05) is 105 Å². The molecule has 0 amide bonds. The van der Waals surface area contributed by atoms with E-state index in [0.717, 1.165) is 11.1 Å². The maximum Gasteiger partial charge on any atom is 0.509 e. The molecule has 5 rings (SSSR count). The molecule has 4 aliphatic rings. The first-order valence-electron chi connectivity index (χ1n) is 21.4. The van der Waals surface area contributed by atoms with Crippen molar-refractivity contribution in [2.75, 3.05) is 21.2 Å². The van der Waals surface area contributed by atoms with Gasteiger partial charge < -0.3 is 57.7 Å². The standard InChI is InChI=1S/C45H71NO13/c1-14-33-26(4)35(47)27(5)37-24(2)21-45(10,59-37)39(57-42-36(48)32(46(11)12)20-25(3)53-42)28(6)38(29(7)41(49)55-33)56-34-22-44(9,51-13)40(30(8)54-34)58-43(50)52-23-31-18-16-15-17-19-31/h15-19,25-30,32-36,38-40,42,47-48H,14,20-23H2,1-13H3/t25-,26-,27+,28+,29-,30+,32+,33+,34+,35+,36-,38-,39-,40+,42+,44-,45+/m1/s1. The largest absolute Gasteiger partial charge is 0.509 e. The number of carbonyl (C=O) groups excluding carboxylic acids is 2. The number of hydrogen-bond donors (Lipinski definition) is 2. The first-order valence-corrected chi connectivity index (χ1v) is 21.4. The van der Waals surface area contributed by atoms with Gasteiger partial charge in [-0.25, -0.2) is 4.79 Å². The average molecular weight is 834 g/mol. The second-order valence-corrected chi connectivity index (χ2v) is 18.2. The number of methoxy groups -OCH3 is 1. The van der Waals surface area contributed by atoms with E-state index in [1.165, 1.54) is 7.11 Å². The highest BCUT2D eigenvalue weighted by molar-refractivity contribution is 5.73. The molecule has 14 heteroatoms. The number of esters is 1. The van der Waals surface area contributed by atoms with Crippen molar-refractivity contribution in [2.24, 2.45) is 23.7 Å². The van der Waals surface area contributed by atoms with E-state index < -0.39 is 102 Å². The number of aliphatic hydroxyl groups excluding tert-OH is 2. The maximum atomic E-state index is 14.3. The van der Waals surface area contributed by atoms with Gasteiger partial charge in [0, 0.05) is 43.7 Å². The van der Waals surface area contributed by atoms with E-state index in [9.17, 15) is 19.8 Å². The number of likely N-dealkylation sites (N-methyl/N-ethyl adjacent to an activating group) is 1. The van der Waals surface area contributed by atoms with Crippen LogP contribution in [0.4, 0.5) is 4.79 Å². The van der Waals surface area contributed by atoms with Gasteiger partial charge in [0.1, 0.15) is 41.9 Å². The second kappa shape index (κ2) is 19.5. The summed E-state index contributed by atoms with van der Waals surface area (Å²) in [4.78, 5) is 29.3. The number of fused-ring (bicyclic) bond motifs is 2. The number of cyclic esters (lactones) is 1. The number of nitrogens with zero attached hydrogens (tertiary/aromatic N) is 1. The lowest BCUT2D eigenvalue weighted by molar-refractivity contribution is -0.317. The van der Waals surface area contributed by atoms with E-state index in [-0.39, 0.29) is 25.2 Å². The van der Waals surface area contributed by atoms with Gasteiger partial charge in [-0.3, -0.25) is 4.79 Å². The molecule has 334 valence electrons. The summed E-state index contributed by atoms with van der Waals surface area (Å²) in [7, 11) is 5.38. The second-order valence-electron chi connectivity index (χ2n) is 18.2. The predicted octanol–water partition coefficient (Wildman–Crippen LogP) is 6.14. The van der Waals surface area contributed by atoms with Crippen LogP contribution in [0.15, 0.2) is 41.7 Å². The normalized spacial score (nSPS) is 42.2. The summed E-state index contributed by atoms with van der Waals surface area (Å²) in [5.41, 5.74) is -0.322. The van der Waals surface area contributed by atoms with Crippen LogP contribution in [-0.4, -0.2) is 127 Å². The van der Waals surface area contributed by atoms with Crippen LogP contribution >= 0.6 is 0 Å². The average Bonchev–Trinajstić information content (AvgIpc) is 3.52. The minimum Gasteiger partial charge on any atom is -0.489 e. The minimum absolute atomic E-state index is 0.0419. The maximum absolute atomic E-state index is 14.3. The van der Waals surface area contributed by atoms with Gasteiger partial charge in [-0.15, -0.1) is 0 Å². The molecule has 17 atom stereocenters. The van der Waals surface area contributed by atoms with Crippen molar-refractivity contribution in [3.8, 4) is 0 Å². The number of rotatable bonds is 10. The van der Waals surface area contributed by atoms with Gasteiger partial charge in [0.05, 0.1) is 30.3 Å². The summed E-state index contributed by atoms with van der Waals surface area (Å²) in [6.45, 7) is 19.0. The first kappa shape index (κ1) is 47.2. The Morgan fingerprint density at radius 3 is 2.24 bits per heavy atom. The molecular formula is C45H71NO13. The highest BCUT2D eigenvalue weighted by atomic mass is 16.8. The molecule has 2 N–H and O–H groups in total. The molecule has 1 aromatic rings. The lowest BCUT2D eigenvalue weighted by atomic mass is 9.79. The molecule has 0 saturated carbocycles. The lowest BCUT2D eigenvalue weighted by Crippen LogP contribution is -2.60. The van der Waals surface area contributed by atoms with Gasteiger partial charge in [0.25, 0.3) is 0 Å². The van der Waals surface area contributed by atoms with E-state index in [1.54, 1.807) is 13.8 Å². The van der Waals surface area contributed by atoms with Crippen molar-refractivity contribution in [2.45, 2.75) is 180 Å². The quantitative estimate of drug-likeness (QED) is 0.259. The lowest BCUT2D eigenvalue weighted by Gasteiger charge is -2.49. The third kappa shape index (κ3) is 10.5. The minimum atomic E-state index is -1.08. The first-order chi connectivity index (χ1) is 27.7.